The molecule has 5 heteroatoms. The number of nitrogens with zero attached hydrogens (tertiary/aromatic N) is 4. The van der Waals surface area contributed by atoms with Crippen LogP contribution in [0.4, 0.5) is 0 Å². The maximum atomic E-state index is 4.50. The minimum absolute atomic E-state index is 0.447. The number of nitrogens with one attached hydrogen (secondary N) is 1. The number of aromatic amines is 1. The minimum atomic E-state index is 0.447. The summed E-state index contributed by atoms with van der Waals surface area (Å²) < 4.78 is 2.23. The second kappa shape index (κ2) is 5.99. The first-order valence-electron chi connectivity index (χ1n) is 9.49. The van der Waals surface area contributed by atoms with Crippen LogP contribution in [0.5, 0.6) is 0 Å². The van der Waals surface area contributed by atoms with Gasteiger partial charge in [0.05, 0.1) is 12.6 Å². The van der Waals surface area contributed by atoms with Gasteiger partial charge in [-0.25, -0.2) is 0 Å². The fourth-order valence-electron chi connectivity index (χ4n) is 4.20. The van der Waals surface area contributed by atoms with Gasteiger partial charge < -0.3 is 9.55 Å². The number of H-pyrrole nitrogens is 1. The Morgan fingerprint density at radius 3 is 2.84 bits per heavy atom. The summed E-state index contributed by atoms with van der Waals surface area (Å²) in [5, 5.41) is 10.3. The van der Waals surface area contributed by atoms with Gasteiger partial charge in [0.15, 0.2) is 0 Å². The highest BCUT2D eigenvalue weighted by Gasteiger charge is 2.31. The lowest BCUT2D eigenvalue weighted by Crippen LogP contribution is -2.34. The summed E-state index contributed by atoms with van der Waals surface area (Å²) in [6, 6.07) is 11.3. The van der Waals surface area contributed by atoms with Crippen LogP contribution in [0.3, 0.4) is 0 Å². The SMILES string of the molecule is Cn1c(CN2CCCC[C@H]2c2cc3ccccc3[nH]2)nnc1C1CC1. The van der Waals surface area contributed by atoms with Gasteiger partial charge >= 0.3 is 0 Å². The van der Waals surface area contributed by atoms with Gasteiger partial charge in [-0.05, 0) is 49.7 Å². The van der Waals surface area contributed by atoms with E-state index in [0.717, 1.165) is 18.9 Å². The van der Waals surface area contributed by atoms with E-state index in [-0.39, 0.29) is 0 Å². The van der Waals surface area contributed by atoms with Crippen LogP contribution in [0, 0.1) is 0 Å². The zero-order chi connectivity index (χ0) is 16.8. The van der Waals surface area contributed by atoms with Crippen molar-refractivity contribution in [3.63, 3.8) is 0 Å². The summed E-state index contributed by atoms with van der Waals surface area (Å²) in [6.45, 7) is 2.02. The third kappa shape index (κ3) is 2.76. The molecule has 0 bridgehead atoms. The highest BCUT2D eigenvalue weighted by Crippen LogP contribution is 2.39. The molecule has 3 aromatic rings. The smallest absolute Gasteiger partial charge is 0.146 e. The quantitative estimate of drug-likeness (QED) is 0.786. The highest BCUT2D eigenvalue weighted by atomic mass is 15.3. The molecule has 25 heavy (non-hydrogen) atoms. The normalized spacial score (nSPS) is 21.9. The van der Waals surface area contributed by atoms with Crippen LogP contribution in [0.2, 0.25) is 0 Å². The van der Waals surface area contributed by atoms with E-state index in [2.05, 4.69) is 62.0 Å². The third-order valence-corrected chi connectivity index (χ3v) is 5.81. The summed E-state index contributed by atoms with van der Waals surface area (Å²) in [6.07, 6.45) is 6.31. The Balaban J connectivity index is 1.42. The zero-order valence-corrected chi connectivity index (χ0v) is 14.8. The number of rotatable bonds is 4. The van der Waals surface area contributed by atoms with E-state index >= 15 is 0 Å². The van der Waals surface area contributed by atoms with Gasteiger partial charge in [-0.2, -0.15) is 0 Å². The van der Waals surface area contributed by atoms with E-state index in [4.69, 9.17) is 0 Å². The molecule has 1 N–H and O–H groups in total. The number of benzene rings is 1. The first-order valence-corrected chi connectivity index (χ1v) is 9.49. The van der Waals surface area contributed by atoms with Crippen LogP contribution in [-0.4, -0.2) is 31.2 Å². The molecule has 2 aromatic heterocycles. The molecule has 130 valence electrons. The van der Waals surface area contributed by atoms with Crippen molar-refractivity contribution < 1.29 is 0 Å². The number of piperidine rings is 1. The zero-order valence-electron chi connectivity index (χ0n) is 14.8. The number of para-hydroxylation sites is 1. The molecule has 0 spiro atoms. The second-order valence-electron chi connectivity index (χ2n) is 7.60. The lowest BCUT2D eigenvalue weighted by molar-refractivity contribution is 0.133. The minimum Gasteiger partial charge on any atom is -0.357 e. The van der Waals surface area contributed by atoms with Gasteiger partial charge in [0.2, 0.25) is 0 Å². The van der Waals surface area contributed by atoms with Crippen LogP contribution in [-0.2, 0) is 13.6 Å². The molecule has 1 aliphatic carbocycles. The van der Waals surface area contributed by atoms with Gasteiger partial charge in [0.1, 0.15) is 11.6 Å². The Morgan fingerprint density at radius 2 is 2.00 bits per heavy atom. The molecule has 2 fully saturated rings. The predicted octanol–water partition coefficient (Wildman–Crippen LogP) is 3.90. The fraction of sp³-hybridized carbons (Fsp3) is 0.500. The van der Waals surface area contributed by atoms with Gasteiger partial charge in [0.25, 0.3) is 0 Å². The predicted molar refractivity (Wildman–Crippen MR) is 98.3 cm³/mol. The molecular formula is C20H25N5. The van der Waals surface area contributed by atoms with Crippen molar-refractivity contribution in [2.24, 2.45) is 7.05 Å². The van der Waals surface area contributed by atoms with Crippen LogP contribution in [0.25, 0.3) is 10.9 Å². The Morgan fingerprint density at radius 1 is 1.12 bits per heavy atom. The van der Waals surface area contributed by atoms with Crippen LogP contribution in [0.1, 0.15) is 61.4 Å². The number of hydrogen-bond donors (Lipinski definition) is 1. The lowest BCUT2D eigenvalue weighted by atomic mass is 9.99. The summed E-state index contributed by atoms with van der Waals surface area (Å²) in [7, 11) is 2.13. The average molecular weight is 335 g/mol. The first kappa shape index (κ1) is 15.1. The highest BCUT2D eigenvalue weighted by molar-refractivity contribution is 5.80. The van der Waals surface area contributed by atoms with Gasteiger partial charge in [-0.3, -0.25) is 4.90 Å². The largest absolute Gasteiger partial charge is 0.357 e. The van der Waals surface area contributed by atoms with Crippen molar-refractivity contribution in [1.82, 2.24) is 24.6 Å². The molecule has 2 aliphatic rings. The van der Waals surface area contributed by atoms with E-state index < -0.39 is 0 Å². The third-order valence-electron chi connectivity index (χ3n) is 5.81. The standard InChI is InChI=1S/C20H25N5/c1-24-19(22-23-20(24)14-9-10-14)13-25-11-5-4-8-18(25)17-12-15-6-2-3-7-16(15)21-17/h2-3,6-7,12,14,18,21H,4-5,8-11,13H2,1H3/t18-/m0/s1. The van der Waals surface area contributed by atoms with Crippen molar-refractivity contribution in [3.8, 4) is 0 Å². The first-order chi connectivity index (χ1) is 12.3. The molecule has 5 rings (SSSR count). The summed E-state index contributed by atoms with van der Waals surface area (Å²) in [5.74, 6) is 2.93. The van der Waals surface area contributed by atoms with E-state index in [1.165, 1.54) is 54.5 Å². The topological polar surface area (TPSA) is 49.7 Å². The summed E-state index contributed by atoms with van der Waals surface area (Å²) in [4.78, 5) is 6.22. The molecule has 3 heterocycles. The summed E-state index contributed by atoms with van der Waals surface area (Å²) >= 11 is 0. The molecule has 1 aliphatic heterocycles. The second-order valence-corrected chi connectivity index (χ2v) is 7.60. The van der Waals surface area contributed by atoms with E-state index in [1.54, 1.807) is 0 Å². The summed E-state index contributed by atoms with van der Waals surface area (Å²) in [5.41, 5.74) is 2.57. The lowest BCUT2D eigenvalue weighted by Gasteiger charge is -2.34. The van der Waals surface area contributed by atoms with Crippen molar-refractivity contribution in [3.05, 3.63) is 47.7 Å². The molecule has 1 saturated heterocycles. The van der Waals surface area contributed by atoms with Crippen LogP contribution >= 0.6 is 0 Å². The Bertz CT molecular complexity index is 856. The van der Waals surface area contributed by atoms with Gasteiger partial charge in [0, 0.05) is 24.2 Å². The van der Waals surface area contributed by atoms with Crippen LogP contribution < -0.4 is 0 Å². The number of fused-ring (bicyclic) bond motifs is 1. The molecule has 1 aromatic carbocycles. The van der Waals surface area contributed by atoms with Gasteiger partial charge in [-0.1, -0.05) is 24.6 Å². The molecule has 1 saturated carbocycles. The molecule has 0 radical (unpaired) electrons. The van der Waals surface area contributed by atoms with E-state index in [9.17, 15) is 0 Å². The van der Waals surface area contributed by atoms with Crippen molar-refractivity contribution in [2.45, 2.75) is 50.6 Å². The monoisotopic (exact) mass is 335 g/mol. The molecule has 5 nitrogen and oxygen atoms in total. The Labute approximate surface area is 148 Å². The van der Waals surface area contributed by atoms with E-state index in [1.807, 2.05) is 0 Å². The average Bonchev–Trinajstić information content (AvgIpc) is 3.28. The van der Waals surface area contributed by atoms with Crippen molar-refractivity contribution in [2.75, 3.05) is 6.54 Å². The maximum Gasteiger partial charge on any atom is 0.146 e. The fourth-order valence-corrected chi connectivity index (χ4v) is 4.20. The molecule has 1 atom stereocenters. The number of likely N-dealkylation sites (tertiary alicyclic amines) is 1. The van der Waals surface area contributed by atoms with Crippen LogP contribution in [0.15, 0.2) is 30.3 Å². The Hall–Kier alpha value is -2.14. The van der Waals surface area contributed by atoms with Crippen molar-refractivity contribution >= 4 is 10.9 Å². The van der Waals surface area contributed by atoms with Gasteiger partial charge in [-0.15, -0.1) is 10.2 Å². The van der Waals surface area contributed by atoms with E-state index in [0.29, 0.717) is 12.0 Å². The molecule has 0 unspecified atom stereocenters. The molecular weight excluding hydrogens is 310 g/mol. The van der Waals surface area contributed by atoms with Crippen molar-refractivity contribution in [1.29, 1.82) is 0 Å². The number of aromatic nitrogens is 4. The maximum absolute atomic E-state index is 4.50. The molecule has 0 amide bonds. The number of hydrogen-bond acceptors (Lipinski definition) is 3. The Kier molecular flexibility index (Phi) is 3.63.